The van der Waals surface area contributed by atoms with Gasteiger partial charge in [-0.05, 0) is 56.5 Å². The van der Waals surface area contributed by atoms with Crippen LogP contribution in [0.5, 0.6) is 5.75 Å². The summed E-state index contributed by atoms with van der Waals surface area (Å²) in [6.07, 6.45) is 0.776. The summed E-state index contributed by atoms with van der Waals surface area (Å²) in [5.74, 6) is 6.87. The van der Waals surface area contributed by atoms with Crippen LogP contribution in [0.2, 0.25) is 0 Å². The number of benzene rings is 1. The van der Waals surface area contributed by atoms with Crippen LogP contribution in [-0.4, -0.2) is 65.0 Å². The van der Waals surface area contributed by atoms with Gasteiger partial charge in [0.1, 0.15) is 11.4 Å². The van der Waals surface area contributed by atoms with Crippen LogP contribution in [0.25, 0.3) is 0 Å². The molecule has 0 bridgehead atoms. The molecule has 1 atom stereocenters. The quantitative estimate of drug-likeness (QED) is 0.645. The number of aliphatic hydroxyl groups is 2. The standard InChI is InChI=1S/C25H34N2O3S/c1-19-15-20(5-8-24(19)30-4)16-27-13-12-26(17-21(27)10-14-28)18-23-7-6-22(31-23)9-11-25(2,3)29/h5-8,15,21,28-29H,10,12-14,16-18H2,1-4H3. The molecule has 3 rings (SSSR count). The first-order valence-electron chi connectivity index (χ1n) is 10.8. The molecule has 2 heterocycles. The molecule has 1 aliphatic heterocycles. The van der Waals surface area contributed by atoms with Gasteiger partial charge in [0, 0.05) is 50.2 Å². The first-order chi connectivity index (χ1) is 14.8. The van der Waals surface area contributed by atoms with Crippen molar-refractivity contribution in [1.29, 1.82) is 0 Å². The minimum atomic E-state index is -0.972. The molecule has 0 radical (unpaired) electrons. The molecule has 1 aromatic carbocycles. The summed E-state index contributed by atoms with van der Waals surface area (Å²) >= 11 is 1.69. The normalized spacial score (nSPS) is 17.9. The summed E-state index contributed by atoms with van der Waals surface area (Å²) in [7, 11) is 1.70. The maximum Gasteiger partial charge on any atom is 0.121 e. The lowest BCUT2D eigenvalue weighted by Crippen LogP contribution is -2.52. The van der Waals surface area contributed by atoms with Crippen LogP contribution < -0.4 is 4.74 Å². The van der Waals surface area contributed by atoms with Crippen LogP contribution >= 0.6 is 11.3 Å². The molecule has 1 aliphatic rings. The molecule has 2 N–H and O–H groups in total. The Morgan fingerprint density at radius 3 is 2.68 bits per heavy atom. The van der Waals surface area contributed by atoms with E-state index in [9.17, 15) is 10.2 Å². The number of piperazine rings is 1. The lowest BCUT2D eigenvalue weighted by Gasteiger charge is -2.41. The van der Waals surface area contributed by atoms with Crippen molar-refractivity contribution in [2.45, 2.75) is 51.9 Å². The van der Waals surface area contributed by atoms with Crippen LogP contribution in [0.1, 0.15) is 41.1 Å². The SMILES string of the molecule is COc1ccc(CN2CCN(Cc3ccc(C#CC(C)(C)O)s3)CC2CCO)cc1C. The molecule has 0 amide bonds. The highest BCUT2D eigenvalue weighted by Crippen LogP contribution is 2.24. The third-order valence-corrected chi connectivity index (χ3v) is 6.51. The van der Waals surface area contributed by atoms with Crippen molar-refractivity contribution in [2.24, 2.45) is 0 Å². The molecule has 2 aromatic rings. The number of methoxy groups -OCH3 is 1. The lowest BCUT2D eigenvalue weighted by molar-refractivity contribution is 0.0504. The largest absolute Gasteiger partial charge is 0.496 e. The van der Waals surface area contributed by atoms with Crippen LogP contribution in [-0.2, 0) is 13.1 Å². The van der Waals surface area contributed by atoms with Crippen LogP contribution in [0.15, 0.2) is 30.3 Å². The Bertz CT molecular complexity index is 923. The molecule has 0 saturated carbocycles. The average Bonchev–Trinajstić information content (AvgIpc) is 3.16. The Labute approximate surface area is 190 Å². The fraction of sp³-hybridized carbons (Fsp3) is 0.520. The monoisotopic (exact) mass is 442 g/mol. The molecule has 6 heteroatoms. The maximum atomic E-state index is 9.79. The summed E-state index contributed by atoms with van der Waals surface area (Å²) < 4.78 is 5.38. The van der Waals surface area contributed by atoms with Crippen LogP contribution in [0, 0.1) is 18.8 Å². The fourth-order valence-corrected chi connectivity index (χ4v) is 4.87. The maximum absolute atomic E-state index is 9.79. The second-order valence-electron chi connectivity index (χ2n) is 8.75. The second kappa shape index (κ2) is 10.6. The Balaban J connectivity index is 1.61. The van der Waals surface area contributed by atoms with Crippen molar-refractivity contribution in [3.05, 3.63) is 51.2 Å². The molecule has 168 valence electrons. The van der Waals surface area contributed by atoms with E-state index in [1.807, 2.05) is 12.1 Å². The van der Waals surface area contributed by atoms with Gasteiger partial charge in [-0.25, -0.2) is 0 Å². The summed E-state index contributed by atoms with van der Waals surface area (Å²) in [5, 5.41) is 19.4. The van der Waals surface area contributed by atoms with Gasteiger partial charge in [0.2, 0.25) is 0 Å². The number of hydrogen-bond acceptors (Lipinski definition) is 6. The van der Waals surface area contributed by atoms with Crippen molar-refractivity contribution in [3.63, 3.8) is 0 Å². The third-order valence-electron chi connectivity index (χ3n) is 5.53. The number of hydrogen-bond donors (Lipinski definition) is 2. The molecular weight excluding hydrogens is 408 g/mol. The van der Waals surface area contributed by atoms with E-state index in [1.54, 1.807) is 32.3 Å². The summed E-state index contributed by atoms with van der Waals surface area (Å²) in [4.78, 5) is 7.22. The number of aliphatic hydroxyl groups excluding tert-OH is 1. The smallest absolute Gasteiger partial charge is 0.121 e. The van der Waals surface area contributed by atoms with Gasteiger partial charge in [0.05, 0.1) is 12.0 Å². The predicted molar refractivity (Wildman–Crippen MR) is 126 cm³/mol. The van der Waals surface area contributed by atoms with Crippen molar-refractivity contribution in [1.82, 2.24) is 9.80 Å². The van der Waals surface area contributed by atoms with E-state index in [2.05, 4.69) is 46.8 Å². The number of thiophene rings is 1. The molecule has 31 heavy (non-hydrogen) atoms. The predicted octanol–water partition coefficient (Wildman–Crippen LogP) is 3.26. The van der Waals surface area contributed by atoms with Gasteiger partial charge in [0.15, 0.2) is 0 Å². The Morgan fingerprint density at radius 1 is 1.19 bits per heavy atom. The summed E-state index contributed by atoms with van der Waals surface area (Å²) in [5.41, 5.74) is 1.46. The summed E-state index contributed by atoms with van der Waals surface area (Å²) in [6, 6.07) is 10.9. The van der Waals surface area contributed by atoms with Gasteiger partial charge < -0.3 is 14.9 Å². The zero-order valence-corrected chi connectivity index (χ0v) is 19.8. The van der Waals surface area contributed by atoms with E-state index < -0.39 is 5.60 Å². The minimum absolute atomic E-state index is 0.201. The molecule has 1 saturated heterocycles. The van der Waals surface area contributed by atoms with E-state index in [0.717, 1.165) is 55.3 Å². The third kappa shape index (κ3) is 7.06. The van der Waals surface area contributed by atoms with Gasteiger partial charge in [-0.2, -0.15) is 0 Å². The van der Waals surface area contributed by atoms with E-state index in [4.69, 9.17) is 4.74 Å². The highest BCUT2D eigenvalue weighted by molar-refractivity contribution is 7.12. The minimum Gasteiger partial charge on any atom is -0.496 e. The van der Waals surface area contributed by atoms with Gasteiger partial charge in [-0.3, -0.25) is 9.80 Å². The van der Waals surface area contributed by atoms with Crippen molar-refractivity contribution < 1.29 is 14.9 Å². The molecule has 1 fully saturated rings. The highest BCUT2D eigenvalue weighted by atomic mass is 32.1. The number of rotatable bonds is 7. The Morgan fingerprint density at radius 2 is 2.00 bits per heavy atom. The van der Waals surface area contributed by atoms with E-state index in [0.29, 0.717) is 6.04 Å². The van der Waals surface area contributed by atoms with Crippen LogP contribution in [0.4, 0.5) is 0 Å². The van der Waals surface area contributed by atoms with Crippen molar-refractivity contribution in [3.8, 4) is 17.6 Å². The van der Waals surface area contributed by atoms with Crippen LogP contribution in [0.3, 0.4) is 0 Å². The molecular formula is C25H34N2O3S. The second-order valence-corrected chi connectivity index (χ2v) is 9.92. The Hall–Kier alpha value is -1.88. The molecule has 1 unspecified atom stereocenters. The Kier molecular flexibility index (Phi) is 8.15. The summed E-state index contributed by atoms with van der Waals surface area (Å²) in [6.45, 7) is 10.4. The molecule has 0 spiro atoms. The topological polar surface area (TPSA) is 56.2 Å². The molecule has 5 nitrogen and oxygen atoms in total. The average molecular weight is 443 g/mol. The lowest BCUT2D eigenvalue weighted by atomic mass is 10.1. The number of nitrogens with zero attached hydrogens (tertiary/aromatic N) is 2. The molecule has 0 aliphatic carbocycles. The zero-order valence-electron chi connectivity index (χ0n) is 19.0. The van der Waals surface area contributed by atoms with E-state index in [-0.39, 0.29) is 6.61 Å². The zero-order chi connectivity index (χ0) is 22.4. The van der Waals surface area contributed by atoms with E-state index in [1.165, 1.54) is 10.4 Å². The first-order valence-corrected chi connectivity index (χ1v) is 11.6. The van der Waals surface area contributed by atoms with Crippen molar-refractivity contribution in [2.75, 3.05) is 33.4 Å². The van der Waals surface area contributed by atoms with Gasteiger partial charge >= 0.3 is 0 Å². The highest BCUT2D eigenvalue weighted by Gasteiger charge is 2.27. The van der Waals surface area contributed by atoms with Crippen molar-refractivity contribution >= 4 is 11.3 Å². The number of aryl methyl sites for hydroxylation is 1. The fourth-order valence-electron chi connectivity index (χ4n) is 3.97. The first kappa shape index (κ1) is 23.8. The van der Waals surface area contributed by atoms with Gasteiger partial charge in [-0.15, -0.1) is 11.3 Å². The van der Waals surface area contributed by atoms with Gasteiger partial charge in [0.25, 0.3) is 0 Å². The van der Waals surface area contributed by atoms with E-state index >= 15 is 0 Å². The van der Waals surface area contributed by atoms with Gasteiger partial charge in [-0.1, -0.05) is 24.0 Å². The molecule has 1 aromatic heterocycles. The number of ether oxygens (including phenoxy) is 1.